The maximum absolute atomic E-state index is 14.0. The molecule has 3 aromatic carbocycles. The van der Waals surface area contributed by atoms with Crippen molar-refractivity contribution in [3.63, 3.8) is 0 Å². The Labute approximate surface area is 231 Å². The number of benzene rings is 3. The quantitative estimate of drug-likeness (QED) is 0.399. The number of hydrogen-bond acceptors (Lipinski definition) is 5. The van der Waals surface area contributed by atoms with Gasteiger partial charge in [-0.1, -0.05) is 54.6 Å². The summed E-state index contributed by atoms with van der Waals surface area (Å²) < 4.78 is 34.3. The molecule has 0 heterocycles. The molecule has 1 atom stereocenters. The summed E-state index contributed by atoms with van der Waals surface area (Å²) >= 11 is 0. The Morgan fingerprint density at radius 2 is 1.51 bits per heavy atom. The first-order valence-corrected chi connectivity index (χ1v) is 14.2. The van der Waals surface area contributed by atoms with Crippen molar-refractivity contribution in [3.8, 4) is 5.75 Å². The summed E-state index contributed by atoms with van der Waals surface area (Å²) in [4.78, 5) is 28.7. The minimum absolute atomic E-state index is 0.0349. The molecule has 9 heteroatoms. The molecule has 2 amide bonds. The summed E-state index contributed by atoms with van der Waals surface area (Å²) in [6, 6.07) is 21.3. The smallest absolute Gasteiger partial charge is 0.264 e. The molecular formula is C30H37N3O5S. The fourth-order valence-corrected chi connectivity index (χ4v) is 5.54. The van der Waals surface area contributed by atoms with Crippen LogP contribution in [0.2, 0.25) is 0 Å². The Kier molecular flexibility index (Phi) is 9.40. The number of amides is 2. The van der Waals surface area contributed by atoms with Crippen molar-refractivity contribution < 1.29 is 22.7 Å². The predicted molar refractivity (Wildman–Crippen MR) is 153 cm³/mol. The van der Waals surface area contributed by atoms with Crippen molar-refractivity contribution in [2.45, 2.75) is 57.6 Å². The summed E-state index contributed by atoms with van der Waals surface area (Å²) in [6.45, 7) is 8.77. The van der Waals surface area contributed by atoms with E-state index in [9.17, 15) is 18.0 Å². The number of anilines is 1. The zero-order chi connectivity index (χ0) is 28.8. The molecule has 0 spiro atoms. The second-order valence-corrected chi connectivity index (χ2v) is 12.2. The predicted octanol–water partition coefficient (Wildman–Crippen LogP) is 4.53. The number of sulfonamides is 1. The SMILES string of the molecule is COc1ccccc1N(CC(=O)N(Cc1ccccc1C)[C@H](C)C(=O)NC(C)(C)C)S(=O)(=O)c1ccccc1. The van der Waals surface area contributed by atoms with Gasteiger partial charge in [0, 0.05) is 12.1 Å². The van der Waals surface area contributed by atoms with E-state index in [0.717, 1.165) is 15.4 Å². The first-order valence-electron chi connectivity index (χ1n) is 12.7. The van der Waals surface area contributed by atoms with Crippen molar-refractivity contribution in [2.24, 2.45) is 0 Å². The standard InChI is InChI=1S/C30H37N3O5S/c1-22-14-10-11-15-24(22)20-32(23(2)29(35)31-30(3,4)5)28(34)21-33(26-18-12-13-19-27(26)38-6)39(36,37)25-16-8-7-9-17-25/h7-19,23H,20-21H2,1-6H3,(H,31,35)/t23-/m1/s1. The molecule has 0 aliphatic rings. The highest BCUT2D eigenvalue weighted by Crippen LogP contribution is 2.32. The molecule has 0 aromatic heterocycles. The molecule has 0 bridgehead atoms. The highest BCUT2D eigenvalue weighted by atomic mass is 32.2. The fourth-order valence-electron chi connectivity index (χ4n) is 4.10. The second-order valence-electron chi connectivity index (χ2n) is 10.4. The zero-order valence-electron chi connectivity index (χ0n) is 23.3. The van der Waals surface area contributed by atoms with Crippen LogP contribution in [0.4, 0.5) is 5.69 Å². The topological polar surface area (TPSA) is 96.0 Å². The highest BCUT2D eigenvalue weighted by Gasteiger charge is 2.34. The van der Waals surface area contributed by atoms with Gasteiger partial charge >= 0.3 is 0 Å². The molecule has 8 nitrogen and oxygen atoms in total. The van der Waals surface area contributed by atoms with E-state index in [1.54, 1.807) is 49.4 Å². The number of nitrogens with one attached hydrogen (secondary N) is 1. The highest BCUT2D eigenvalue weighted by molar-refractivity contribution is 7.92. The minimum Gasteiger partial charge on any atom is -0.495 e. The molecule has 0 radical (unpaired) electrons. The summed E-state index contributed by atoms with van der Waals surface area (Å²) in [5, 5.41) is 2.93. The molecule has 3 aromatic rings. The van der Waals surface area contributed by atoms with Crippen LogP contribution in [0.15, 0.2) is 83.8 Å². The Balaban J connectivity index is 2.08. The average molecular weight is 552 g/mol. The van der Waals surface area contributed by atoms with Crippen LogP contribution < -0.4 is 14.4 Å². The third-order valence-corrected chi connectivity index (χ3v) is 8.01. The van der Waals surface area contributed by atoms with Gasteiger partial charge < -0.3 is 15.0 Å². The fraction of sp³-hybridized carbons (Fsp3) is 0.333. The average Bonchev–Trinajstić information content (AvgIpc) is 2.90. The molecule has 0 aliphatic carbocycles. The van der Waals surface area contributed by atoms with Crippen LogP contribution in [-0.4, -0.2) is 50.4 Å². The van der Waals surface area contributed by atoms with E-state index in [1.807, 2.05) is 52.0 Å². The van der Waals surface area contributed by atoms with Gasteiger partial charge in [-0.15, -0.1) is 0 Å². The minimum atomic E-state index is -4.17. The number of rotatable bonds is 10. The van der Waals surface area contributed by atoms with Gasteiger partial charge in [0.2, 0.25) is 11.8 Å². The van der Waals surface area contributed by atoms with Crippen LogP contribution in [-0.2, 0) is 26.2 Å². The van der Waals surface area contributed by atoms with Gasteiger partial charge in [-0.3, -0.25) is 13.9 Å². The lowest BCUT2D eigenvalue weighted by Crippen LogP contribution is -2.54. The maximum Gasteiger partial charge on any atom is 0.264 e. The Bertz CT molecular complexity index is 1400. The molecule has 0 aliphatic heterocycles. The summed E-state index contributed by atoms with van der Waals surface area (Å²) in [7, 11) is -2.72. The maximum atomic E-state index is 14.0. The Morgan fingerprint density at radius 3 is 2.13 bits per heavy atom. The van der Waals surface area contributed by atoms with E-state index >= 15 is 0 Å². The van der Waals surface area contributed by atoms with Crippen molar-refractivity contribution in [1.82, 2.24) is 10.2 Å². The lowest BCUT2D eigenvalue weighted by Gasteiger charge is -2.34. The largest absolute Gasteiger partial charge is 0.495 e. The van der Waals surface area contributed by atoms with Crippen LogP contribution in [0.25, 0.3) is 0 Å². The molecule has 3 rings (SSSR count). The van der Waals surface area contributed by atoms with Crippen molar-refractivity contribution in [1.29, 1.82) is 0 Å². The summed E-state index contributed by atoms with van der Waals surface area (Å²) in [6.07, 6.45) is 0. The van der Waals surface area contributed by atoms with Gasteiger partial charge in [0.1, 0.15) is 18.3 Å². The van der Waals surface area contributed by atoms with Gasteiger partial charge in [-0.25, -0.2) is 8.42 Å². The lowest BCUT2D eigenvalue weighted by atomic mass is 10.1. The van der Waals surface area contributed by atoms with E-state index in [1.165, 1.54) is 24.1 Å². The number of ether oxygens (including phenoxy) is 1. The van der Waals surface area contributed by atoms with Crippen LogP contribution in [0, 0.1) is 6.92 Å². The number of para-hydroxylation sites is 2. The number of hydrogen-bond donors (Lipinski definition) is 1. The Morgan fingerprint density at radius 1 is 0.923 bits per heavy atom. The van der Waals surface area contributed by atoms with Gasteiger partial charge in [0.05, 0.1) is 17.7 Å². The number of aryl methyl sites for hydroxylation is 1. The molecule has 39 heavy (non-hydrogen) atoms. The van der Waals surface area contributed by atoms with E-state index in [0.29, 0.717) is 5.75 Å². The van der Waals surface area contributed by atoms with E-state index in [-0.39, 0.29) is 23.0 Å². The summed E-state index contributed by atoms with van der Waals surface area (Å²) in [5.41, 5.74) is 1.52. The third-order valence-electron chi connectivity index (χ3n) is 6.23. The van der Waals surface area contributed by atoms with Crippen LogP contribution in [0.3, 0.4) is 0 Å². The lowest BCUT2D eigenvalue weighted by molar-refractivity contribution is -0.140. The monoisotopic (exact) mass is 551 g/mol. The third kappa shape index (κ3) is 7.38. The van der Waals surface area contributed by atoms with Gasteiger partial charge in [-0.2, -0.15) is 0 Å². The molecule has 0 saturated heterocycles. The Hall–Kier alpha value is -3.85. The first kappa shape index (κ1) is 29.7. The normalized spacial score (nSPS) is 12.4. The van der Waals surface area contributed by atoms with E-state index in [2.05, 4.69) is 5.32 Å². The van der Waals surface area contributed by atoms with E-state index < -0.39 is 34.1 Å². The van der Waals surface area contributed by atoms with Crippen LogP contribution >= 0.6 is 0 Å². The number of carbonyl (C=O) groups is 2. The molecule has 0 fully saturated rings. The summed E-state index contributed by atoms with van der Waals surface area (Å²) in [5.74, 6) is -0.562. The van der Waals surface area contributed by atoms with E-state index in [4.69, 9.17) is 4.74 Å². The molecule has 0 unspecified atom stereocenters. The van der Waals surface area contributed by atoms with Gasteiger partial charge in [-0.05, 0) is 70.0 Å². The zero-order valence-corrected chi connectivity index (χ0v) is 24.2. The number of nitrogens with zero attached hydrogens (tertiary/aromatic N) is 2. The first-order chi connectivity index (χ1) is 18.3. The molecule has 208 valence electrons. The van der Waals surface area contributed by atoms with Gasteiger partial charge in [0.15, 0.2) is 0 Å². The number of carbonyl (C=O) groups excluding carboxylic acids is 2. The molecular weight excluding hydrogens is 514 g/mol. The van der Waals surface area contributed by atoms with Crippen LogP contribution in [0.5, 0.6) is 5.75 Å². The van der Waals surface area contributed by atoms with Gasteiger partial charge in [0.25, 0.3) is 10.0 Å². The second kappa shape index (κ2) is 12.3. The van der Waals surface area contributed by atoms with Crippen molar-refractivity contribution >= 4 is 27.5 Å². The molecule has 1 N–H and O–H groups in total. The van der Waals surface area contributed by atoms with Crippen LogP contribution in [0.1, 0.15) is 38.8 Å². The van der Waals surface area contributed by atoms with Crippen molar-refractivity contribution in [3.05, 3.63) is 90.0 Å². The van der Waals surface area contributed by atoms with Crippen molar-refractivity contribution in [2.75, 3.05) is 18.0 Å². The molecule has 0 saturated carbocycles. The number of methoxy groups -OCH3 is 1.